The number of nitrogens with zero attached hydrogens (tertiary/aromatic N) is 1. The van der Waals surface area contributed by atoms with Gasteiger partial charge in [-0.1, -0.05) is 25.1 Å². The van der Waals surface area contributed by atoms with E-state index in [9.17, 15) is 0 Å². The van der Waals surface area contributed by atoms with E-state index < -0.39 is 0 Å². The predicted molar refractivity (Wildman–Crippen MR) is 72.9 cm³/mol. The molecule has 0 atom stereocenters. The zero-order valence-electron chi connectivity index (χ0n) is 10.2. The molecule has 0 fully saturated rings. The molecule has 2 N–H and O–H groups in total. The van der Waals surface area contributed by atoms with Crippen molar-refractivity contribution in [1.82, 2.24) is 4.98 Å². The highest BCUT2D eigenvalue weighted by molar-refractivity contribution is 5.58. The van der Waals surface area contributed by atoms with Crippen molar-refractivity contribution in [3.05, 3.63) is 48.0 Å². The van der Waals surface area contributed by atoms with Crippen molar-refractivity contribution in [3.63, 3.8) is 0 Å². The molecule has 1 aromatic heterocycles. The summed E-state index contributed by atoms with van der Waals surface area (Å²) >= 11 is 0. The number of anilines is 3. The van der Waals surface area contributed by atoms with Gasteiger partial charge in [0.25, 0.3) is 0 Å². The fourth-order valence-corrected chi connectivity index (χ4v) is 1.66. The summed E-state index contributed by atoms with van der Waals surface area (Å²) < 4.78 is 0. The van der Waals surface area contributed by atoms with Crippen LogP contribution < -0.4 is 10.6 Å². The van der Waals surface area contributed by atoms with Crippen LogP contribution in [0, 0.1) is 0 Å². The fraction of sp³-hybridized carbons (Fsp3) is 0.214. The molecule has 88 valence electrons. The summed E-state index contributed by atoms with van der Waals surface area (Å²) in [5.41, 5.74) is 2.39. The minimum Gasteiger partial charge on any atom is -0.373 e. The Morgan fingerprint density at radius 3 is 2.59 bits per heavy atom. The molecule has 0 unspecified atom stereocenters. The molecule has 0 aliphatic carbocycles. The van der Waals surface area contributed by atoms with Gasteiger partial charge in [0.15, 0.2) is 0 Å². The van der Waals surface area contributed by atoms with Crippen LogP contribution in [0.1, 0.15) is 12.5 Å². The molecule has 0 saturated heterocycles. The number of nitrogens with one attached hydrogen (secondary N) is 2. The lowest BCUT2D eigenvalue weighted by molar-refractivity contribution is 1.14. The van der Waals surface area contributed by atoms with Crippen molar-refractivity contribution in [3.8, 4) is 0 Å². The van der Waals surface area contributed by atoms with Gasteiger partial charge in [-0.3, -0.25) is 0 Å². The topological polar surface area (TPSA) is 37.0 Å². The van der Waals surface area contributed by atoms with Gasteiger partial charge in [-0.25, -0.2) is 4.98 Å². The highest BCUT2D eigenvalue weighted by Crippen LogP contribution is 2.17. The van der Waals surface area contributed by atoms with Crippen LogP contribution in [0.3, 0.4) is 0 Å². The first-order chi connectivity index (χ1) is 8.31. The molecule has 0 bridgehead atoms. The lowest BCUT2D eigenvalue weighted by Gasteiger charge is -2.08. The maximum atomic E-state index is 4.42. The summed E-state index contributed by atoms with van der Waals surface area (Å²) in [5, 5.41) is 6.33. The molecule has 1 heterocycles. The summed E-state index contributed by atoms with van der Waals surface area (Å²) in [4.78, 5) is 4.42. The van der Waals surface area contributed by atoms with Crippen molar-refractivity contribution >= 4 is 17.3 Å². The number of rotatable bonds is 4. The molecule has 2 rings (SSSR count). The molecule has 2 aromatic rings. The highest BCUT2D eigenvalue weighted by Gasteiger charge is 1.98. The summed E-state index contributed by atoms with van der Waals surface area (Å²) in [6.45, 7) is 2.15. The average Bonchev–Trinajstić information content (AvgIpc) is 2.39. The second kappa shape index (κ2) is 5.34. The molecule has 0 amide bonds. The van der Waals surface area contributed by atoms with Crippen LogP contribution in [-0.2, 0) is 6.42 Å². The van der Waals surface area contributed by atoms with Gasteiger partial charge in [-0.15, -0.1) is 0 Å². The Bertz CT molecular complexity index is 449. The third-order valence-corrected chi connectivity index (χ3v) is 2.61. The van der Waals surface area contributed by atoms with Crippen LogP contribution in [0.15, 0.2) is 42.5 Å². The minimum atomic E-state index is 0.852. The second-order valence-electron chi connectivity index (χ2n) is 3.84. The average molecular weight is 227 g/mol. The smallest absolute Gasteiger partial charge is 0.132 e. The molecular formula is C14H17N3. The molecule has 0 aliphatic rings. The van der Waals surface area contributed by atoms with E-state index in [1.807, 2.05) is 31.3 Å². The predicted octanol–water partition coefficient (Wildman–Crippen LogP) is 3.43. The highest BCUT2D eigenvalue weighted by atomic mass is 15.0. The van der Waals surface area contributed by atoms with Gasteiger partial charge in [-0.2, -0.15) is 0 Å². The van der Waals surface area contributed by atoms with Crippen LogP contribution in [0.5, 0.6) is 0 Å². The van der Waals surface area contributed by atoms with Gasteiger partial charge >= 0.3 is 0 Å². The first-order valence-corrected chi connectivity index (χ1v) is 5.82. The Kier molecular flexibility index (Phi) is 3.60. The first kappa shape index (κ1) is 11.5. The lowest BCUT2D eigenvalue weighted by atomic mass is 10.1. The zero-order chi connectivity index (χ0) is 12.1. The summed E-state index contributed by atoms with van der Waals surface area (Å²) in [7, 11) is 1.86. The van der Waals surface area contributed by atoms with E-state index in [0.717, 1.165) is 23.7 Å². The molecule has 17 heavy (non-hydrogen) atoms. The Morgan fingerprint density at radius 1 is 1.06 bits per heavy atom. The van der Waals surface area contributed by atoms with Gasteiger partial charge in [0.05, 0.1) is 0 Å². The maximum Gasteiger partial charge on any atom is 0.132 e. The van der Waals surface area contributed by atoms with Gasteiger partial charge in [0, 0.05) is 12.7 Å². The number of hydrogen-bond donors (Lipinski definition) is 2. The number of pyridine rings is 1. The van der Waals surface area contributed by atoms with Crippen molar-refractivity contribution in [1.29, 1.82) is 0 Å². The third-order valence-electron chi connectivity index (χ3n) is 2.61. The number of hydrogen-bond acceptors (Lipinski definition) is 3. The summed E-state index contributed by atoms with van der Waals surface area (Å²) in [6.07, 6.45) is 1.04. The maximum absolute atomic E-state index is 4.42. The zero-order valence-corrected chi connectivity index (χ0v) is 10.2. The SMILES string of the molecule is CCc1cccc(Nc2cccc(NC)n2)c1. The monoisotopic (exact) mass is 227 g/mol. The lowest BCUT2D eigenvalue weighted by Crippen LogP contribution is -1.97. The third kappa shape index (κ3) is 2.97. The van der Waals surface area contributed by atoms with Gasteiger partial charge in [0.1, 0.15) is 11.6 Å². The van der Waals surface area contributed by atoms with Gasteiger partial charge in [-0.05, 0) is 36.2 Å². The molecule has 0 spiro atoms. The van der Waals surface area contributed by atoms with Crippen LogP contribution in [0.2, 0.25) is 0 Å². The van der Waals surface area contributed by atoms with Crippen LogP contribution in [0.4, 0.5) is 17.3 Å². The molecular weight excluding hydrogens is 210 g/mol. The second-order valence-corrected chi connectivity index (χ2v) is 3.84. The molecule has 3 nitrogen and oxygen atoms in total. The van der Waals surface area contributed by atoms with Crippen LogP contribution in [-0.4, -0.2) is 12.0 Å². The minimum absolute atomic E-state index is 0.852. The Labute approximate surface area is 102 Å². The van der Waals surface area contributed by atoms with E-state index >= 15 is 0 Å². The van der Waals surface area contributed by atoms with E-state index in [4.69, 9.17) is 0 Å². The normalized spacial score (nSPS) is 10.0. The van der Waals surface area contributed by atoms with E-state index in [1.54, 1.807) is 0 Å². The standard InChI is InChI=1S/C14H17N3/c1-3-11-6-4-7-12(10-11)16-14-9-5-8-13(15-2)17-14/h4-10H,3H2,1-2H3,(H2,15,16,17). The van der Waals surface area contributed by atoms with Crippen molar-refractivity contribution in [2.75, 3.05) is 17.7 Å². The summed E-state index contributed by atoms with van der Waals surface area (Å²) in [6, 6.07) is 14.3. The first-order valence-electron chi connectivity index (χ1n) is 5.82. The van der Waals surface area contributed by atoms with E-state index in [2.05, 4.69) is 40.7 Å². The molecule has 0 aliphatic heterocycles. The molecule has 0 saturated carbocycles. The molecule has 1 aromatic carbocycles. The summed E-state index contributed by atoms with van der Waals surface area (Å²) in [5.74, 6) is 1.71. The van der Waals surface area contributed by atoms with Gasteiger partial charge < -0.3 is 10.6 Å². The largest absolute Gasteiger partial charge is 0.373 e. The number of benzene rings is 1. The Morgan fingerprint density at radius 2 is 1.82 bits per heavy atom. The van der Waals surface area contributed by atoms with Crippen LogP contribution >= 0.6 is 0 Å². The Balaban J connectivity index is 2.18. The van der Waals surface area contributed by atoms with Crippen molar-refractivity contribution in [2.24, 2.45) is 0 Å². The molecule has 0 radical (unpaired) electrons. The fourth-order valence-electron chi connectivity index (χ4n) is 1.66. The quantitative estimate of drug-likeness (QED) is 0.840. The Hall–Kier alpha value is -2.03. The van der Waals surface area contributed by atoms with Crippen molar-refractivity contribution < 1.29 is 0 Å². The number of aromatic nitrogens is 1. The van der Waals surface area contributed by atoms with E-state index in [1.165, 1.54) is 5.56 Å². The van der Waals surface area contributed by atoms with E-state index in [0.29, 0.717) is 0 Å². The molecule has 3 heteroatoms. The van der Waals surface area contributed by atoms with Crippen LogP contribution in [0.25, 0.3) is 0 Å². The van der Waals surface area contributed by atoms with Gasteiger partial charge in [0.2, 0.25) is 0 Å². The van der Waals surface area contributed by atoms with Crippen molar-refractivity contribution in [2.45, 2.75) is 13.3 Å². The number of aryl methyl sites for hydroxylation is 1. The van der Waals surface area contributed by atoms with E-state index in [-0.39, 0.29) is 0 Å².